The van der Waals surface area contributed by atoms with Gasteiger partial charge in [0.1, 0.15) is 12.2 Å². The molecule has 2 atom stereocenters. The number of halogens is 3. The highest BCUT2D eigenvalue weighted by molar-refractivity contribution is 5.90. The predicted molar refractivity (Wildman–Crippen MR) is 127 cm³/mol. The molecule has 0 radical (unpaired) electrons. The van der Waals surface area contributed by atoms with Crippen LogP contribution in [0.3, 0.4) is 0 Å². The summed E-state index contributed by atoms with van der Waals surface area (Å²) in [5, 5.41) is 14.5. The number of primary amides is 1. The topological polar surface area (TPSA) is 119 Å². The Balaban J connectivity index is 1.69. The maximum absolute atomic E-state index is 12.8. The van der Waals surface area contributed by atoms with Crippen LogP contribution in [-0.4, -0.2) is 39.9 Å². The number of pyridine rings is 1. The number of hydrogen-bond donors (Lipinski definition) is 3. The van der Waals surface area contributed by atoms with Gasteiger partial charge in [-0.25, -0.2) is 4.98 Å². The molecule has 0 aliphatic heterocycles. The lowest BCUT2D eigenvalue weighted by Gasteiger charge is -2.23. The highest BCUT2D eigenvalue weighted by Crippen LogP contribution is 2.36. The van der Waals surface area contributed by atoms with Crippen molar-refractivity contribution in [2.24, 2.45) is 11.7 Å². The quantitative estimate of drug-likeness (QED) is 0.448. The summed E-state index contributed by atoms with van der Waals surface area (Å²) < 4.78 is 44.1. The van der Waals surface area contributed by atoms with E-state index in [1.807, 2.05) is 27.7 Å². The molecule has 1 fully saturated rings. The summed E-state index contributed by atoms with van der Waals surface area (Å²) in [7, 11) is 0. The first-order chi connectivity index (χ1) is 16.3. The van der Waals surface area contributed by atoms with Gasteiger partial charge < -0.3 is 20.8 Å². The van der Waals surface area contributed by atoms with Crippen molar-refractivity contribution in [2.45, 2.75) is 64.6 Å². The number of aromatic nitrogens is 3. The monoisotopic (exact) mass is 490 g/mol. The molecule has 8 nitrogen and oxygen atoms in total. The zero-order valence-corrected chi connectivity index (χ0v) is 20.1. The number of fused-ring (bicyclic) bond motifs is 1. The fraction of sp³-hybridized carbons (Fsp3) is 0.500. The van der Waals surface area contributed by atoms with Crippen LogP contribution in [0.4, 0.5) is 24.9 Å². The maximum atomic E-state index is 12.8. The molecule has 188 valence electrons. The van der Waals surface area contributed by atoms with E-state index >= 15 is 0 Å². The van der Waals surface area contributed by atoms with Crippen molar-refractivity contribution in [3.8, 4) is 11.6 Å². The van der Waals surface area contributed by atoms with Gasteiger partial charge in [0.25, 0.3) is 5.89 Å². The van der Waals surface area contributed by atoms with Crippen molar-refractivity contribution in [1.29, 1.82) is 0 Å². The van der Waals surface area contributed by atoms with Crippen molar-refractivity contribution in [2.75, 3.05) is 17.2 Å². The van der Waals surface area contributed by atoms with Crippen molar-refractivity contribution < 1.29 is 22.4 Å². The van der Waals surface area contributed by atoms with Gasteiger partial charge in [-0.2, -0.15) is 13.2 Å². The second kappa shape index (κ2) is 9.01. The molecule has 1 aliphatic rings. The molecular formula is C24H29F3N6O2. The Hall–Kier alpha value is -3.37. The van der Waals surface area contributed by atoms with E-state index in [0.717, 1.165) is 35.8 Å². The number of rotatable bonds is 6. The molecule has 4 N–H and O–H groups in total. The maximum Gasteiger partial charge on any atom is 0.405 e. The molecule has 4 rings (SSSR count). The Morgan fingerprint density at radius 2 is 1.91 bits per heavy atom. The second-order valence-corrected chi connectivity index (χ2v) is 10.1. The van der Waals surface area contributed by atoms with E-state index in [2.05, 4.69) is 20.8 Å². The minimum absolute atomic E-state index is 0.165. The summed E-state index contributed by atoms with van der Waals surface area (Å²) in [5.41, 5.74) is 8.19. The number of carbonyl (C=O) groups is 1. The smallest absolute Gasteiger partial charge is 0.402 e. The van der Waals surface area contributed by atoms with Gasteiger partial charge in [-0.3, -0.25) is 4.79 Å². The number of nitrogens with one attached hydrogen (secondary N) is 2. The Bertz CT molecular complexity index is 1250. The van der Waals surface area contributed by atoms with Gasteiger partial charge in [-0.05, 0) is 54.5 Å². The molecule has 11 heteroatoms. The number of hydrogen-bond acceptors (Lipinski definition) is 7. The number of nitrogens with two attached hydrogens (primary N) is 1. The molecule has 1 amide bonds. The van der Waals surface area contributed by atoms with E-state index in [4.69, 9.17) is 15.1 Å². The second-order valence-electron chi connectivity index (χ2n) is 10.1. The van der Waals surface area contributed by atoms with Gasteiger partial charge >= 0.3 is 12.2 Å². The Labute approximate surface area is 200 Å². The van der Waals surface area contributed by atoms with Crippen molar-refractivity contribution >= 4 is 28.5 Å². The van der Waals surface area contributed by atoms with Crippen LogP contribution in [-0.2, 0) is 10.2 Å². The molecule has 1 aliphatic carbocycles. The van der Waals surface area contributed by atoms with E-state index < -0.39 is 12.7 Å². The summed E-state index contributed by atoms with van der Waals surface area (Å²) in [6.45, 7) is 6.67. The summed E-state index contributed by atoms with van der Waals surface area (Å²) in [4.78, 5) is 16.4. The summed E-state index contributed by atoms with van der Waals surface area (Å²) in [6.07, 6.45) is -1.95. The molecule has 1 aromatic carbocycles. The van der Waals surface area contributed by atoms with E-state index in [1.54, 1.807) is 18.2 Å². The van der Waals surface area contributed by atoms with Crippen LogP contribution >= 0.6 is 0 Å². The van der Waals surface area contributed by atoms with Crippen LogP contribution < -0.4 is 16.4 Å². The molecule has 0 bridgehead atoms. The van der Waals surface area contributed by atoms with E-state index in [1.165, 1.54) is 0 Å². The number of benzene rings is 1. The lowest BCUT2D eigenvalue weighted by atomic mass is 9.84. The van der Waals surface area contributed by atoms with Gasteiger partial charge in [-0.1, -0.05) is 32.3 Å². The third-order valence-electron chi connectivity index (χ3n) is 6.26. The Morgan fingerprint density at radius 3 is 2.57 bits per heavy atom. The standard InChI is InChI=1S/C24H29F3N6O2/c1-12-8-18(21-32-33-22(35-21)31-17-7-5-6-14(17)20(28)34)30-19-15(12)9-13(29-11-24(25,26)27)10-16(19)23(2,3)4/h8-10,14,17,29H,5-7,11H2,1-4H3,(H2,28,34)(H,31,33). The van der Waals surface area contributed by atoms with E-state index in [-0.39, 0.29) is 35.2 Å². The molecule has 0 spiro atoms. The van der Waals surface area contributed by atoms with E-state index in [9.17, 15) is 18.0 Å². The SMILES string of the molecule is Cc1cc(-c2nnc(NC3CCCC3C(N)=O)o2)nc2c(C(C)(C)C)cc(NCC(F)(F)F)cc12. The average Bonchev–Trinajstić information content (AvgIpc) is 3.41. The van der Waals surface area contributed by atoms with E-state index in [0.29, 0.717) is 16.9 Å². The summed E-state index contributed by atoms with van der Waals surface area (Å²) >= 11 is 0. The zero-order valence-electron chi connectivity index (χ0n) is 20.1. The highest BCUT2D eigenvalue weighted by Gasteiger charge is 2.33. The largest absolute Gasteiger partial charge is 0.405 e. The van der Waals surface area contributed by atoms with Crippen LogP contribution in [0, 0.1) is 12.8 Å². The van der Waals surface area contributed by atoms with Crippen LogP contribution in [0.5, 0.6) is 0 Å². The first kappa shape index (κ1) is 24.7. The van der Waals surface area contributed by atoms with Crippen molar-refractivity contribution in [1.82, 2.24) is 15.2 Å². The average molecular weight is 491 g/mol. The third-order valence-corrected chi connectivity index (χ3v) is 6.26. The minimum atomic E-state index is -4.33. The number of nitrogens with zero attached hydrogens (tertiary/aromatic N) is 3. The number of alkyl halides is 3. The predicted octanol–water partition coefficient (Wildman–Crippen LogP) is 4.93. The third kappa shape index (κ3) is 5.49. The van der Waals surface area contributed by atoms with Crippen molar-refractivity contribution in [3.05, 3.63) is 29.3 Å². The van der Waals surface area contributed by atoms with Gasteiger partial charge in [0, 0.05) is 17.1 Å². The minimum Gasteiger partial charge on any atom is -0.402 e. The van der Waals surface area contributed by atoms with Crippen molar-refractivity contribution in [3.63, 3.8) is 0 Å². The van der Waals surface area contributed by atoms with Gasteiger partial charge in [0.2, 0.25) is 5.91 Å². The molecule has 2 heterocycles. The first-order valence-corrected chi connectivity index (χ1v) is 11.5. The lowest BCUT2D eigenvalue weighted by Crippen LogP contribution is -2.34. The summed E-state index contributed by atoms with van der Waals surface area (Å²) in [6, 6.07) is 5.16. The first-order valence-electron chi connectivity index (χ1n) is 11.5. The van der Waals surface area contributed by atoms with Crippen LogP contribution in [0.2, 0.25) is 0 Å². The Kier molecular flexibility index (Phi) is 6.37. The fourth-order valence-corrected chi connectivity index (χ4v) is 4.49. The van der Waals surface area contributed by atoms with Crippen LogP contribution in [0.15, 0.2) is 22.6 Å². The normalized spacial score (nSPS) is 18.7. The number of carbonyl (C=O) groups excluding carboxylic acids is 1. The molecule has 1 saturated carbocycles. The van der Waals surface area contributed by atoms with Gasteiger partial charge in [-0.15, -0.1) is 5.10 Å². The number of anilines is 2. The molecular weight excluding hydrogens is 461 g/mol. The van der Waals surface area contributed by atoms with Gasteiger partial charge in [0.15, 0.2) is 0 Å². The fourth-order valence-electron chi connectivity index (χ4n) is 4.49. The molecule has 0 saturated heterocycles. The Morgan fingerprint density at radius 1 is 1.17 bits per heavy atom. The number of aryl methyl sites for hydroxylation is 1. The number of amides is 1. The van der Waals surface area contributed by atoms with Crippen LogP contribution in [0.1, 0.15) is 51.2 Å². The zero-order chi connectivity index (χ0) is 25.5. The van der Waals surface area contributed by atoms with Crippen LogP contribution in [0.25, 0.3) is 22.5 Å². The molecule has 2 aromatic heterocycles. The molecule has 2 unspecified atom stereocenters. The molecule has 35 heavy (non-hydrogen) atoms. The highest BCUT2D eigenvalue weighted by atomic mass is 19.4. The lowest BCUT2D eigenvalue weighted by molar-refractivity contribution is -0.121. The summed E-state index contributed by atoms with van der Waals surface area (Å²) in [5.74, 6) is -0.448. The molecule has 3 aromatic rings. The van der Waals surface area contributed by atoms with Gasteiger partial charge in [0.05, 0.1) is 11.4 Å².